The molecule has 0 heterocycles. The summed E-state index contributed by atoms with van der Waals surface area (Å²) in [7, 11) is 0. The Morgan fingerprint density at radius 3 is 1.66 bits per heavy atom. The molecule has 3 heteroatoms. The van der Waals surface area contributed by atoms with Gasteiger partial charge < -0.3 is 0 Å². The Bertz CT molecular complexity index is 539. The van der Waals surface area contributed by atoms with E-state index in [0.29, 0.717) is 6.42 Å². The van der Waals surface area contributed by atoms with Gasteiger partial charge in [-0.05, 0) is 18.9 Å². The van der Waals surface area contributed by atoms with Crippen molar-refractivity contribution in [2.24, 2.45) is 5.10 Å². The average Bonchev–Trinajstić information content (AvgIpc) is 2.75. The molecule has 1 aromatic rings. The van der Waals surface area contributed by atoms with Crippen molar-refractivity contribution in [2.45, 2.75) is 117 Å². The van der Waals surface area contributed by atoms with Crippen LogP contribution in [0.1, 0.15) is 122 Å². The molecule has 0 bridgehead atoms. The lowest BCUT2D eigenvalue weighted by atomic mass is 10.0. The van der Waals surface area contributed by atoms with Crippen LogP contribution in [0, 0.1) is 0 Å². The minimum Gasteiger partial charge on any atom is -0.273 e. The fourth-order valence-electron chi connectivity index (χ4n) is 3.60. The summed E-state index contributed by atoms with van der Waals surface area (Å²) in [4.78, 5) is 11.9. The standard InChI is InChI=1S/C26H44N2O/c1-3-4-5-6-7-8-9-10-11-12-13-14-15-16-20-23-26(29)28-27-24(2)25-21-18-17-19-22-25/h17-19,21-22H,3-16,20,23H2,1-2H3,(H,28,29). The summed E-state index contributed by atoms with van der Waals surface area (Å²) in [6.07, 6.45) is 20.7. The van der Waals surface area contributed by atoms with E-state index in [0.717, 1.165) is 24.1 Å². The van der Waals surface area contributed by atoms with Gasteiger partial charge in [-0.3, -0.25) is 4.79 Å². The number of nitrogens with zero attached hydrogens (tertiary/aromatic N) is 1. The first-order valence-corrected chi connectivity index (χ1v) is 12.1. The van der Waals surface area contributed by atoms with E-state index in [1.54, 1.807) is 0 Å². The molecular formula is C26H44N2O. The van der Waals surface area contributed by atoms with Crippen LogP contribution in [0.25, 0.3) is 0 Å². The number of nitrogens with one attached hydrogen (secondary N) is 1. The molecular weight excluding hydrogens is 356 g/mol. The predicted octanol–water partition coefficient (Wildman–Crippen LogP) is 7.79. The summed E-state index contributed by atoms with van der Waals surface area (Å²) in [6.45, 7) is 4.20. The Hall–Kier alpha value is -1.64. The Balaban J connectivity index is 1.86. The monoisotopic (exact) mass is 400 g/mol. The first kappa shape index (κ1) is 25.4. The van der Waals surface area contributed by atoms with Gasteiger partial charge in [0.05, 0.1) is 5.71 Å². The number of unbranched alkanes of at least 4 members (excludes halogenated alkanes) is 14. The molecule has 0 saturated carbocycles. The molecule has 164 valence electrons. The van der Waals surface area contributed by atoms with Crippen molar-refractivity contribution in [3.63, 3.8) is 0 Å². The lowest BCUT2D eigenvalue weighted by Gasteiger charge is -2.04. The molecule has 0 radical (unpaired) electrons. The van der Waals surface area contributed by atoms with E-state index in [2.05, 4.69) is 17.5 Å². The number of benzene rings is 1. The topological polar surface area (TPSA) is 41.5 Å². The fourth-order valence-corrected chi connectivity index (χ4v) is 3.60. The van der Waals surface area contributed by atoms with Crippen LogP contribution in [0.3, 0.4) is 0 Å². The number of hydrogen-bond acceptors (Lipinski definition) is 2. The first-order chi connectivity index (χ1) is 14.2. The SMILES string of the molecule is CCCCCCCCCCCCCCCCCC(=O)NN=C(C)c1ccccc1. The van der Waals surface area contributed by atoms with E-state index >= 15 is 0 Å². The van der Waals surface area contributed by atoms with Crippen LogP contribution >= 0.6 is 0 Å². The quantitative estimate of drug-likeness (QED) is 0.152. The number of hydrazone groups is 1. The van der Waals surface area contributed by atoms with Gasteiger partial charge in [-0.25, -0.2) is 5.43 Å². The molecule has 0 saturated heterocycles. The molecule has 1 rings (SSSR count). The van der Waals surface area contributed by atoms with E-state index in [1.807, 2.05) is 37.3 Å². The van der Waals surface area contributed by atoms with Crippen LogP contribution in [0.5, 0.6) is 0 Å². The highest BCUT2D eigenvalue weighted by Crippen LogP contribution is 2.13. The van der Waals surface area contributed by atoms with Gasteiger partial charge in [0.2, 0.25) is 5.91 Å². The van der Waals surface area contributed by atoms with Crippen molar-refractivity contribution in [2.75, 3.05) is 0 Å². The summed E-state index contributed by atoms with van der Waals surface area (Å²) in [5.74, 6) is 0.0231. The molecule has 0 unspecified atom stereocenters. The highest BCUT2D eigenvalue weighted by Gasteiger charge is 2.01. The van der Waals surface area contributed by atoms with Gasteiger partial charge in [-0.2, -0.15) is 5.10 Å². The van der Waals surface area contributed by atoms with E-state index in [1.165, 1.54) is 83.5 Å². The average molecular weight is 401 g/mol. The number of carbonyl (C=O) groups excluding carboxylic acids is 1. The first-order valence-electron chi connectivity index (χ1n) is 12.1. The molecule has 0 aliphatic carbocycles. The van der Waals surface area contributed by atoms with Crippen molar-refractivity contribution >= 4 is 11.6 Å². The van der Waals surface area contributed by atoms with Gasteiger partial charge in [-0.1, -0.05) is 127 Å². The molecule has 1 amide bonds. The van der Waals surface area contributed by atoms with Crippen LogP contribution in [-0.2, 0) is 4.79 Å². The van der Waals surface area contributed by atoms with Crippen LogP contribution < -0.4 is 5.43 Å². The maximum atomic E-state index is 11.9. The van der Waals surface area contributed by atoms with E-state index < -0.39 is 0 Å². The minimum absolute atomic E-state index is 0.0231. The van der Waals surface area contributed by atoms with Gasteiger partial charge in [0.25, 0.3) is 0 Å². The highest BCUT2D eigenvalue weighted by molar-refractivity contribution is 5.99. The van der Waals surface area contributed by atoms with Crippen LogP contribution in [0.15, 0.2) is 35.4 Å². The molecule has 0 atom stereocenters. The van der Waals surface area contributed by atoms with Gasteiger partial charge in [0.1, 0.15) is 0 Å². The molecule has 0 aromatic heterocycles. The Kier molecular flexibility index (Phi) is 16.1. The Morgan fingerprint density at radius 2 is 1.17 bits per heavy atom. The van der Waals surface area contributed by atoms with Crippen LogP contribution in [0.4, 0.5) is 0 Å². The molecule has 0 aliphatic rings. The summed E-state index contributed by atoms with van der Waals surface area (Å²) >= 11 is 0. The zero-order valence-corrected chi connectivity index (χ0v) is 19.1. The molecule has 1 aromatic carbocycles. The van der Waals surface area contributed by atoms with Gasteiger partial charge >= 0.3 is 0 Å². The van der Waals surface area contributed by atoms with Crippen molar-refractivity contribution in [1.82, 2.24) is 5.43 Å². The summed E-state index contributed by atoms with van der Waals surface area (Å²) in [6, 6.07) is 9.93. The third-order valence-electron chi connectivity index (χ3n) is 5.55. The minimum atomic E-state index is 0.0231. The van der Waals surface area contributed by atoms with Crippen molar-refractivity contribution < 1.29 is 4.79 Å². The molecule has 3 nitrogen and oxygen atoms in total. The second-order valence-corrected chi connectivity index (χ2v) is 8.30. The van der Waals surface area contributed by atoms with E-state index in [4.69, 9.17) is 0 Å². The van der Waals surface area contributed by atoms with Gasteiger partial charge in [0, 0.05) is 6.42 Å². The van der Waals surface area contributed by atoms with Gasteiger partial charge in [-0.15, -0.1) is 0 Å². The maximum absolute atomic E-state index is 11.9. The van der Waals surface area contributed by atoms with Crippen molar-refractivity contribution in [3.8, 4) is 0 Å². The normalized spacial score (nSPS) is 11.6. The number of amides is 1. The zero-order chi connectivity index (χ0) is 21.0. The number of hydrogen-bond donors (Lipinski definition) is 1. The molecule has 1 N–H and O–H groups in total. The lowest BCUT2D eigenvalue weighted by Crippen LogP contribution is -2.18. The number of carbonyl (C=O) groups is 1. The van der Waals surface area contributed by atoms with Crippen LogP contribution in [-0.4, -0.2) is 11.6 Å². The molecule has 0 spiro atoms. The third-order valence-corrected chi connectivity index (χ3v) is 5.55. The van der Waals surface area contributed by atoms with Crippen LogP contribution in [0.2, 0.25) is 0 Å². The second kappa shape index (κ2) is 18.4. The zero-order valence-electron chi connectivity index (χ0n) is 19.1. The van der Waals surface area contributed by atoms with E-state index in [-0.39, 0.29) is 5.91 Å². The maximum Gasteiger partial charge on any atom is 0.240 e. The van der Waals surface area contributed by atoms with Crippen molar-refractivity contribution in [1.29, 1.82) is 0 Å². The molecule has 0 aliphatic heterocycles. The van der Waals surface area contributed by atoms with E-state index in [9.17, 15) is 4.79 Å². The number of rotatable bonds is 18. The fraction of sp³-hybridized carbons (Fsp3) is 0.692. The summed E-state index contributed by atoms with van der Waals surface area (Å²) < 4.78 is 0. The molecule has 29 heavy (non-hydrogen) atoms. The van der Waals surface area contributed by atoms with Gasteiger partial charge in [0.15, 0.2) is 0 Å². The largest absolute Gasteiger partial charge is 0.273 e. The Morgan fingerprint density at radius 1 is 0.724 bits per heavy atom. The van der Waals surface area contributed by atoms with Crippen molar-refractivity contribution in [3.05, 3.63) is 35.9 Å². The highest BCUT2D eigenvalue weighted by atomic mass is 16.2. The summed E-state index contributed by atoms with van der Waals surface area (Å²) in [5, 5.41) is 4.20. The molecule has 0 fully saturated rings. The smallest absolute Gasteiger partial charge is 0.240 e. The third kappa shape index (κ3) is 14.9. The lowest BCUT2D eigenvalue weighted by molar-refractivity contribution is -0.121. The predicted molar refractivity (Wildman–Crippen MR) is 126 cm³/mol. The second-order valence-electron chi connectivity index (χ2n) is 8.30. The Labute approximate surface area is 179 Å². The summed E-state index contributed by atoms with van der Waals surface area (Å²) in [5.41, 5.74) is 4.56.